The van der Waals surface area contributed by atoms with Crippen LogP contribution in [0.25, 0.3) is 5.57 Å². The van der Waals surface area contributed by atoms with Crippen molar-refractivity contribution >= 4 is 27.4 Å². The van der Waals surface area contributed by atoms with Gasteiger partial charge in [0, 0.05) is 29.0 Å². The van der Waals surface area contributed by atoms with Gasteiger partial charge in [-0.1, -0.05) is 64.0 Å². The Morgan fingerprint density at radius 3 is 2.57 bits per heavy atom. The van der Waals surface area contributed by atoms with Crippen LogP contribution in [0.5, 0.6) is 0 Å². The number of aliphatic hydroxyl groups is 1. The summed E-state index contributed by atoms with van der Waals surface area (Å²) in [6, 6.07) is 19.1. The van der Waals surface area contributed by atoms with Crippen molar-refractivity contribution in [2.75, 3.05) is 0 Å². The molecule has 1 amide bonds. The van der Waals surface area contributed by atoms with Crippen molar-refractivity contribution in [3.05, 3.63) is 106 Å². The number of benzene rings is 2. The maximum absolute atomic E-state index is 13.0. The number of carbonyl (C=O) groups is 1. The molecule has 0 radical (unpaired) electrons. The largest absolute Gasteiger partial charge is 0.503 e. The van der Waals surface area contributed by atoms with Crippen LogP contribution in [0.4, 0.5) is 0 Å². The van der Waals surface area contributed by atoms with Crippen molar-refractivity contribution in [3.63, 3.8) is 0 Å². The molecule has 4 rings (SSSR count). The Hall–Kier alpha value is -2.92. The van der Waals surface area contributed by atoms with Gasteiger partial charge in [0.2, 0.25) is 0 Å². The molecule has 4 nitrogen and oxygen atoms in total. The predicted octanol–water partition coefficient (Wildman–Crippen LogP) is 5.21. The number of carbonyl (C=O) groups excluding carboxylic acids is 1. The molecule has 1 aliphatic heterocycles. The van der Waals surface area contributed by atoms with E-state index in [4.69, 9.17) is 0 Å². The highest BCUT2D eigenvalue weighted by molar-refractivity contribution is 9.10. The molecule has 1 atom stereocenters. The van der Waals surface area contributed by atoms with E-state index in [0.29, 0.717) is 12.1 Å². The molecular formula is C23H19BrN2O2. The number of aromatic nitrogens is 1. The molecule has 0 unspecified atom stereocenters. The van der Waals surface area contributed by atoms with E-state index in [1.807, 2.05) is 67.6 Å². The minimum atomic E-state index is -0.382. The minimum absolute atomic E-state index is 0.197. The number of hydrogen-bond donors (Lipinski definition) is 1. The maximum atomic E-state index is 13.0. The lowest BCUT2D eigenvalue weighted by atomic mass is 9.93. The topological polar surface area (TPSA) is 53.4 Å². The normalized spacial score (nSPS) is 16.7. The molecule has 0 aliphatic carbocycles. The Kier molecular flexibility index (Phi) is 5.01. The zero-order chi connectivity index (χ0) is 19.7. The third kappa shape index (κ3) is 3.45. The first kappa shape index (κ1) is 18.4. The van der Waals surface area contributed by atoms with Gasteiger partial charge < -0.3 is 10.0 Å². The molecule has 0 fully saturated rings. The van der Waals surface area contributed by atoms with Crippen LogP contribution in [-0.2, 0) is 11.3 Å². The smallest absolute Gasteiger partial charge is 0.290 e. The number of rotatable bonds is 4. The van der Waals surface area contributed by atoms with Crippen molar-refractivity contribution in [1.82, 2.24) is 9.88 Å². The van der Waals surface area contributed by atoms with E-state index in [1.54, 1.807) is 17.3 Å². The van der Waals surface area contributed by atoms with Crippen LogP contribution in [0.3, 0.4) is 0 Å². The summed E-state index contributed by atoms with van der Waals surface area (Å²) in [4.78, 5) is 18.9. The third-order valence-electron chi connectivity index (χ3n) is 4.91. The summed E-state index contributed by atoms with van der Waals surface area (Å²) in [5.74, 6) is -0.567. The summed E-state index contributed by atoms with van der Waals surface area (Å²) in [5.41, 5.74) is 4.45. The van der Waals surface area contributed by atoms with E-state index >= 15 is 0 Å². The molecule has 1 aromatic heterocycles. The van der Waals surface area contributed by atoms with Crippen LogP contribution < -0.4 is 0 Å². The molecular weight excluding hydrogens is 416 g/mol. The van der Waals surface area contributed by atoms with Crippen LogP contribution in [-0.4, -0.2) is 20.9 Å². The van der Waals surface area contributed by atoms with Crippen LogP contribution in [0.15, 0.2) is 83.3 Å². The molecule has 2 aromatic carbocycles. The second-order valence-corrected chi connectivity index (χ2v) is 7.80. The molecule has 3 aromatic rings. The Morgan fingerprint density at radius 1 is 1.11 bits per heavy atom. The fraction of sp³-hybridized carbons (Fsp3) is 0.130. The quantitative estimate of drug-likeness (QED) is 0.613. The van der Waals surface area contributed by atoms with Gasteiger partial charge >= 0.3 is 0 Å². The fourth-order valence-corrected chi connectivity index (χ4v) is 3.97. The molecule has 0 saturated carbocycles. The van der Waals surface area contributed by atoms with Crippen molar-refractivity contribution in [3.8, 4) is 0 Å². The fourth-order valence-electron chi connectivity index (χ4n) is 3.56. The summed E-state index contributed by atoms with van der Waals surface area (Å²) in [6.07, 6.45) is 3.45. The highest BCUT2D eigenvalue weighted by Crippen LogP contribution is 2.44. The average Bonchev–Trinajstić information content (AvgIpc) is 2.94. The van der Waals surface area contributed by atoms with Crippen LogP contribution in [0.1, 0.15) is 28.3 Å². The lowest BCUT2D eigenvalue weighted by Gasteiger charge is -2.27. The van der Waals surface area contributed by atoms with Gasteiger partial charge in [-0.05, 0) is 41.8 Å². The van der Waals surface area contributed by atoms with Gasteiger partial charge in [-0.15, -0.1) is 0 Å². The van der Waals surface area contributed by atoms with Gasteiger partial charge in [0.25, 0.3) is 5.91 Å². The molecule has 5 heteroatoms. The third-order valence-corrected chi connectivity index (χ3v) is 5.40. The highest BCUT2D eigenvalue weighted by Gasteiger charge is 2.41. The Bertz CT molecular complexity index is 1050. The number of aliphatic hydroxyl groups excluding tert-OH is 1. The Labute approximate surface area is 172 Å². The predicted molar refractivity (Wildman–Crippen MR) is 112 cm³/mol. The zero-order valence-corrected chi connectivity index (χ0v) is 16.9. The van der Waals surface area contributed by atoms with E-state index in [1.165, 1.54) is 0 Å². The lowest BCUT2D eigenvalue weighted by molar-refractivity contribution is -0.130. The van der Waals surface area contributed by atoms with Gasteiger partial charge in [-0.2, -0.15) is 0 Å². The van der Waals surface area contributed by atoms with Crippen molar-refractivity contribution in [2.45, 2.75) is 19.5 Å². The maximum Gasteiger partial charge on any atom is 0.290 e. The first-order valence-electron chi connectivity index (χ1n) is 9.00. The molecule has 0 spiro atoms. The Balaban J connectivity index is 1.83. The number of aryl methyl sites for hydroxylation is 1. The Morgan fingerprint density at radius 2 is 1.89 bits per heavy atom. The second kappa shape index (κ2) is 7.60. The van der Waals surface area contributed by atoms with Gasteiger partial charge in [0.05, 0.1) is 6.04 Å². The number of nitrogens with zero attached hydrogens (tertiary/aromatic N) is 2. The van der Waals surface area contributed by atoms with Gasteiger partial charge in [-0.3, -0.25) is 9.78 Å². The molecule has 1 N–H and O–H groups in total. The summed E-state index contributed by atoms with van der Waals surface area (Å²) in [7, 11) is 0. The molecule has 2 heterocycles. The summed E-state index contributed by atoms with van der Waals surface area (Å²) in [5, 5.41) is 10.8. The van der Waals surface area contributed by atoms with Crippen molar-refractivity contribution < 1.29 is 9.90 Å². The van der Waals surface area contributed by atoms with E-state index in [9.17, 15) is 9.90 Å². The van der Waals surface area contributed by atoms with E-state index in [0.717, 1.165) is 26.7 Å². The second-order valence-electron chi connectivity index (χ2n) is 6.88. The van der Waals surface area contributed by atoms with Crippen LogP contribution in [0.2, 0.25) is 0 Å². The summed E-state index contributed by atoms with van der Waals surface area (Å²) < 4.78 is 0.924. The first-order valence-corrected chi connectivity index (χ1v) is 9.79. The first-order chi connectivity index (χ1) is 13.5. The van der Waals surface area contributed by atoms with E-state index < -0.39 is 0 Å². The molecule has 0 saturated heterocycles. The molecule has 1 aliphatic rings. The number of amides is 1. The molecule has 140 valence electrons. The SMILES string of the molecule is Cc1ccc(C2=C(O)C(=O)N(Cc3cccnc3)[C@@H]2c2cccc(Br)c2)cc1. The average molecular weight is 435 g/mol. The minimum Gasteiger partial charge on any atom is -0.503 e. The van der Waals surface area contributed by atoms with E-state index in [-0.39, 0.29) is 17.7 Å². The van der Waals surface area contributed by atoms with Crippen molar-refractivity contribution in [2.24, 2.45) is 0 Å². The highest BCUT2D eigenvalue weighted by atomic mass is 79.9. The number of hydrogen-bond acceptors (Lipinski definition) is 3. The lowest BCUT2D eigenvalue weighted by Crippen LogP contribution is -2.29. The number of pyridine rings is 1. The van der Waals surface area contributed by atoms with Crippen LogP contribution in [0, 0.1) is 6.92 Å². The molecule has 28 heavy (non-hydrogen) atoms. The molecule has 0 bridgehead atoms. The van der Waals surface area contributed by atoms with E-state index in [2.05, 4.69) is 20.9 Å². The summed E-state index contributed by atoms with van der Waals surface area (Å²) in [6.45, 7) is 2.38. The standard InChI is InChI=1S/C23H19BrN2O2/c1-15-7-9-17(10-8-15)20-21(18-5-2-6-19(24)12-18)26(23(28)22(20)27)14-16-4-3-11-25-13-16/h2-13,21,27H,14H2,1H3/t21-/m1/s1. The summed E-state index contributed by atoms with van der Waals surface area (Å²) >= 11 is 3.52. The van der Waals surface area contributed by atoms with Gasteiger partial charge in [-0.25, -0.2) is 0 Å². The van der Waals surface area contributed by atoms with Crippen LogP contribution >= 0.6 is 15.9 Å². The van der Waals surface area contributed by atoms with Gasteiger partial charge in [0.15, 0.2) is 5.76 Å². The monoisotopic (exact) mass is 434 g/mol. The number of halogens is 1. The van der Waals surface area contributed by atoms with Gasteiger partial charge in [0.1, 0.15) is 0 Å². The zero-order valence-electron chi connectivity index (χ0n) is 15.3. The van der Waals surface area contributed by atoms with Crippen molar-refractivity contribution in [1.29, 1.82) is 0 Å².